The third kappa shape index (κ3) is 5.23. The van der Waals surface area contributed by atoms with Crippen molar-refractivity contribution in [2.24, 2.45) is 0 Å². The second-order valence-electron chi connectivity index (χ2n) is 9.40. The first-order valence-electron chi connectivity index (χ1n) is 12.6. The highest BCUT2D eigenvalue weighted by atomic mass is 16.5. The lowest BCUT2D eigenvalue weighted by molar-refractivity contribution is -0.135. The van der Waals surface area contributed by atoms with E-state index in [-0.39, 0.29) is 18.5 Å². The molecule has 0 unspecified atom stereocenters. The molecule has 2 heterocycles. The molecule has 0 aliphatic carbocycles. The van der Waals surface area contributed by atoms with Crippen molar-refractivity contribution in [1.82, 2.24) is 14.7 Å². The number of benzene rings is 2. The first-order chi connectivity index (χ1) is 18.0. The molecule has 1 spiro atoms. The van der Waals surface area contributed by atoms with Crippen LogP contribution in [0.1, 0.15) is 30.4 Å². The van der Waals surface area contributed by atoms with Crippen molar-refractivity contribution in [3.63, 3.8) is 0 Å². The average Bonchev–Trinajstić information content (AvgIpc) is 3.12. The first kappa shape index (κ1) is 26.4. The molecular formula is C29H35N3O5. The lowest BCUT2D eigenvalue weighted by atomic mass is 9.85. The molecule has 8 nitrogen and oxygen atoms in total. The highest BCUT2D eigenvalue weighted by Gasteiger charge is 2.57. The second kappa shape index (κ2) is 11.6. The minimum Gasteiger partial charge on any atom is -0.496 e. The highest BCUT2D eigenvalue weighted by molar-refractivity contribution is 6.07. The van der Waals surface area contributed by atoms with Crippen LogP contribution in [0, 0.1) is 12.3 Å². The zero-order chi connectivity index (χ0) is 26.4. The number of hydrogen-bond donors (Lipinski definition) is 0. The molecule has 2 aliphatic heterocycles. The van der Waals surface area contributed by atoms with Crippen LogP contribution >= 0.6 is 0 Å². The number of likely N-dealkylation sites (tertiary alicyclic amines) is 1. The minimum atomic E-state index is -0.842. The number of urea groups is 1. The van der Waals surface area contributed by atoms with Gasteiger partial charge in [0.1, 0.15) is 22.8 Å². The molecule has 3 amide bonds. The van der Waals surface area contributed by atoms with E-state index in [1.807, 2.05) is 42.5 Å². The van der Waals surface area contributed by atoms with Crippen molar-refractivity contribution in [3.8, 4) is 29.6 Å². The number of carbonyl (C=O) groups excluding carboxylic acids is 2. The van der Waals surface area contributed by atoms with Crippen LogP contribution in [0.5, 0.6) is 17.2 Å². The lowest BCUT2D eigenvalue weighted by Gasteiger charge is -2.42. The van der Waals surface area contributed by atoms with Crippen molar-refractivity contribution in [3.05, 3.63) is 53.6 Å². The lowest BCUT2D eigenvalue weighted by Crippen LogP contribution is -2.56. The Kier molecular flexibility index (Phi) is 8.24. The maximum Gasteiger partial charge on any atom is 0.327 e. The molecular weight excluding hydrogens is 470 g/mol. The zero-order valence-electron chi connectivity index (χ0n) is 21.9. The molecule has 2 aromatic rings. The smallest absolute Gasteiger partial charge is 0.327 e. The predicted octanol–water partition coefficient (Wildman–Crippen LogP) is 3.58. The van der Waals surface area contributed by atoms with Crippen LogP contribution in [0.3, 0.4) is 0 Å². The molecule has 2 saturated heterocycles. The Bertz CT molecular complexity index is 1130. The normalized spacial score (nSPS) is 17.2. The fourth-order valence-electron chi connectivity index (χ4n) is 5.37. The predicted molar refractivity (Wildman–Crippen MR) is 141 cm³/mol. The van der Waals surface area contributed by atoms with Gasteiger partial charge in [0.05, 0.1) is 26.9 Å². The molecule has 2 aromatic carbocycles. The van der Waals surface area contributed by atoms with Crippen molar-refractivity contribution < 1.29 is 23.8 Å². The number of ether oxygens (including phenoxy) is 3. The molecule has 0 bridgehead atoms. The molecule has 0 N–H and O–H groups in total. The summed E-state index contributed by atoms with van der Waals surface area (Å²) in [6.45, 7) is 2.65. The summed E-state index contributed by atoms with van der Waals surface area (Å²) < 4.78 is 16.6. The molecule has 0 aromatic heterocycles. The fourth-order valence-corrected chi connectivity index (χ4v) is 5.37. The third-order valence-corrected chi connectivity index (χ3v) is 7.45. The van der Waals surface area contributed by atoms with Crippen LogP contribution in [0.4, 0.5) is 4.79 Å². The summed E-state index contributed by atoms with van der Waals surface area (Å²) in [6, 6.07) is 13.5. The highest BCUT2D eigenvalue weighted by Crippen LogP contribution is 2.40. The maximum absolute atomic E-state index is 13.7. The van der Waals surface area contributed by atoms with Crippen LogP contribution in [0.25, 0.3) is 0 Å². The number of piperidine rings is 1. The molecule has 0 saturated carbocycles. The molecule has 37 heavy (non-hydrogen) atoms. The molecule has 0 radical (unpaired) electrons. The van der Waals surface area contributed by atoms with Crippen molar-refractivity contribution in [1.29, 1.82) is 0 Å². The van der Waals surface area contributed by atoms with Gasteiger partial charge in [0.15, 0.2) is 0 Å². The monoisotopic (exact) mass is 505 g/mol. The van der Waals surface area contributed by atoms with E-state index in [0.717, 1.165) is 11.1 Å². The van der Waals surface area contributed by atoms with Crippen LogP contribution in [0.15, 0.2) is 42.5 Å². The second-order valence-corrected chi connectivity index (χ2v) is 9.40. The number of carbonyl (C=O) groups is 2. The summed E-state index contributed by atoms with van der Waals surface area (Å²) >= 11 is 0. The van der Waals surface area contributed by atoms with Gasteiger partial charge < -0.3 is 19.1 Å². The van der Waals surface area contributed by atoms with E-state index < -0.39 is 5.54 Å². The van der Waals surface area contributed by atoms with Gasteiger partial charge in [0, 0.05) is 51.3 Å². The van der Waals surface area contributed by atoms with E-state index in [9.17, 15) is 9.59 Å². The van der Waals surface area contributed by atoms with Crippen molar-refractivity contribution in [2.75, 3.05) is 47.5 Å². The Labute approximate surface area is 219 Å². The van der Waals surface area contributed by atoms with Gasteiger partial charge in [-0.3, -0.25) is 14.6 Å². The summed E-state index contributed by atoms with van der Waals surface area (Å²) in [6.07, 6.45) is 7.60. The van der Waals surface area contributed by atoms with Crippen LogP contribution < -0.4 is 14.2 Å². The zero-order valence-corrected chi connectivity index (χ0v) is 21.9. The molecule has 0 atom stereocenters. The van der Waals surface area contributed by atoms with Crippen molar-refractivity contribution in [2.45, 2.75) is 37.8 Å². The largest absolute Gasteiger partial charge is 0.496 e. The standard InChI is InChI=1S/C29H35N3O5/c1-5-6-15-31-27(33)29(32(28(31)34)16-12-22-10-8-7-9-11-22)13-17-30(18-14-29)21-24-25(36-3)19-23(35-2)20-26(24)37-4/h1,7-11,19-20H,6,12-18,21H2,2-4H3. The SMILES string of the molecule is C#CCCN1C(=O)N(CCc2ccccc2)C2(CCN(Cc3c(OC)cc(OC)cc3OC)CC2)C1=O. The van der Waals surface area contributed by atoms with Gasteiger partial charge in [-0.1, -0.05) is 30.3 Å². The van der Waals surface area contributed by atoms with Gasteiger partial charge in [-0.2, -0.15) is 0 Å². The third-order valence-electron chi connectivity index (χ3n) is 7.45. The fraction of sp³-hybridized carbons (Fsp3) is 0.448. The number of methoxy groups -OCH3 is 3. The number of terminal acetylenes is 1. The number of hydrogen-bond acceptors (Lipinski definition) is 6. The van der Waals surface area contributed by atoms with Gasteiger partial charge in [0.2, 0.25) is 0 Å². The number of amides is 3. The van der Waals surface area contributed by atoms with E-state index >= 15 is 0 Å². The number of imide groups is 1. The summed E-state index contributed by atoms with van der Waals surface area (Å²) in [5, 5.41) is 0. The Balaban J connectivity index is 1.53. The van der Waals surface area contributed by atoms with E-state index in [2.05, 4.69) is 10.8 Å². The summed E-state index contributed by atoms with van der Waals surface area (Å²) in [5.74, 6) is 4.47. The van der Waals surface area contributed by atoms with Gasteiger partial charge in [-0.05, 0) is 24.8 Å². The Morgan fingerprint density at radius 3 is 2.16 bits per heavy atom. The Morgan fingerprint density at radius 2 is 1.59 bits per heavy atom. The Morgan fingerprint density at radius 1 is 0.946 bits per heavy atom. The van der Waals surface area contributed by atoms with Gasteiger partial charge in [0.25, 0.3) is 5.91 Å². The average molecular weight is 506 g/mol. The van der Waals surface area contributed by atoms with E-state index in [0.29, 0.717) is 69.1 Å². The van der Waals surface area contributed by atoms with E-state index in [1.165, 1.54) is 4.90 Å². The minimum absolute atomic E-state index is 0.125. The number of rotatable bonds is 10. The van der Waals surface area contributed by atoms with Gasteiger partial charge >= 0.3 is 6.03 Å². The van der Waals surface area contributed by atoms with E-state index in [4.69, 9.17) is 20.6 Å². The van der Waals surface area contributed by atoms with Gasteiger partial charge in [-0.15, -0.1) is 12.3 Å². The van der Waals surface area contributed by atoms with Crippen molar-refractivity contribution >= 4 is 11.9 Å². The molecule has 2 aliphatic rings. The number of nitrogens with zero attached hydrogens (tertiary/aromatic N) is 3. The molecule has 196 valence electrons. The Hall–Kier alpha value is -3.70. The van der Waals surface area contributed by atoms with Crippen LogP contribution in [-0.4, -0.2) is 79.7 Å². The first-order valence-corrected chi connectivity index (χ1v) is 12.6. The van der Waals surface area contributed by atoms with E-state index in [1.54, 1.807) is 26.2 Å². The summed E-state index contributed by atoms with van der Waals surface area (Å²) in [7, 11) is 4.86. The van der Waals surface area contributed by atoms with Crippen LogP contribution in [0.2, 0.25) is 0 Å². The summed E-state index contributed by atoms with van der Waals surface area (Å²) in [4.78, 5) is 32.5. The summed E-state index contributed by atoms with van der Waals surface area (Å²) in [5.41, 5.74) is 1.22. The quantitative estimate of drug-likeness (QED) is 0.363. The van der Waals surface area contributed by atoms with Gasteiger partial charge in [-0.25, -0.2) is 4.79 Å². The van der Waals surface area contributed by atoms with Crippen LogP contribution in [-0.2, 0) is 17.8 Å². The maximum atomic E-state index is 13.7. The topological polar surface area (TPSA) is 71.6 Å². The molecule has 2 fully saturated rings. The molecule has 4 rings (SSSR count). The molecule has 8 heteroatoms.